The molecule has 10 nitrogen and oxygen atoms in total. The standard InChI is InChI=1S/C33H33N5O5/c1-20(2)36-33(41)38-18-25-15-26(32(40)35-16-21-8-9-28-29(13-21)43-19-42-28)37-31(30(25)27(38)10-12-39)23-6-3-5-22(14-23)24-7-4-11-34-17-24/h3-9,11,13-15,17,20,27,39H,10,12,16,18-19H2,1-2H3,(H,35,40)(H,36,41)/t27-/m1/s1. The number of aliphatic hydroxyl groups excluding tert-OH is 1. The Kier molecular flexibility index (Phi) is 7.93. The van der Waals surface area contributed by atoms with Gasteiger partial charge in [0.1, 0.15) is 5.69 Å². The summed E-state index contributed by atoms with van der Waals surface area (Å²) in [6, 6.07) is 18.4. The van der Waals surface area contributed by atoms with Gasteiger partial charge in [-0.1, -0.05) is 30.3 Å². The smallest absolute Gasteiger partial charge is 0.318 e. The second-order valence-corrected chi connectivity index (χ2v) is 10.9. The van der Waals surface area contributed by atoms with E-state index in [4.69, 9.17) is 14.5 Å². The van der Waals surface area contributed by atoms with E-state index < -0.39 is 6.04 Å². The Morgan fingerprint density at radius 1 is 1.02 bits per heavy atom. The number of hydrogen-bond donors (Lipinski definition) is 3. The van der Waals surface area contributed by atoms with Crippen LogP contribution in [0.1, 0.15) is 53.5 Å². The molecular weight excluding hydrogens is 546 g/mol. The monoisotopic (exact) mass is 579 g/mol. The van der Waals surface area contributed by atoms with Crippen LogP contribution < -0.4 is 20.1 Å². The van der Waals surface area contributed by atoms with Gasteiger partial charge in [0, 0.05) is 54.8 Å². The van der Waals surface area contributed by atoms with E-state index in [2.05, 4.69) is 15.6 Å². The summed E-state index contributed by atoms with van der Waals surface area (Å²) in [6.07, 6.45) is 3.86. The zero-order chi connectivity index (χ0) is 29.9. The van der Waals surface area contributed by atoms with Gasteiger partial charge in [0.2, 0.25) is 6.79 Å². The molecule has 2 aliphatic heterocycles. The first-order chi connectivity index (χ1) is 20.9. The molecule has 3 N–H and O–H groups in total. The maximum absolute atomic E-state index is 13.5. The van der Waals surface area contributed by atoms with Gasteiger partial charge >= 0.3 is 6.03 Å². The first-order valence-corrected chi connectivity index (χ1v) is 14.3. The van der Waals surface area contributed by atoms with Crippen LogP contribution in [-0.2, 0) is 13.1 Å². The lowest BCUT2D eigenvalue weighted by molar-refractivity contribution is 0.0945. The SMILES string of the molecule is CC(C)NC(=O)N1Cc2cc(C(=O)NCc3ccc4c(c3)OCO4)nc(-c3cccc(-c4cccnc4)c3)c2[C@H]1CCO. The topological polar surface area (TPSA) is 126 Å². The summed E-state index contributed by atoms with van der Waals surface area (Å²) in [5, 5.41) is 15.9. The second kappa shape index (κ2) is 12.1. The summed E-state index contributed by atoms with van der Waals surface area (Å²) < 4.78 is 10.8. The number of aliphatic hydroxyl groups is 1. The molecule has 0 spiro atoms. The van der Waals surface area contributed by atoms with Gasteiger partial charge in [-0.15, -0.1) is 0 Å². The Labute approximate surface area is 249 Å². The number of fused-ring (bicyclic) bond motifs is 2. The summed E-state index contributed by atoms with van der Waals surface area (Å²) in [5.41, 5.74) is 6.07. The molecule has 0 bridgehead atoms. The van der Waals surface area contributed by atoms with Gasteiger partial charge in [0.15, 0.2) is 11.5 Å². The predicted octanol–water partition coefficient (Wildman–Crippen LogP) is 4.83. The molecule has 0 saturated carbocycles. The molecule has 2 aromatic heterocycles. The Morgan fingerprint density at radius 3 is 2.63 bits per heavy atom. The average molecular weight is 580 g/mol. The lowest BCUT2D eigenvalue weighted by Crippen LogP contribution is -2.42. The van der Waals surface area contributed by atoms with Crippen molar-refractivity contribution < 1.29 is 24.2 Å². The Morgan fingerprint density at radius 2 is 1.84 bits per heavy atom. The number of ether oxygens (including phenoxy) is 2. The van der Waals surface area contributed by atoms with E-state index in [0.717, 1.165) is 33.4 Å². The lowest BCUT2D eigenvalue weighted by Gasteiger charge is -2.26. The van der Waals surface area contributed by atoms with E-state index in [0.29, 0.717) is 30.2 Å². The van der Waals surface area contributed by atoms with Crippen LogP contribution in [0.15, 0.2) is 73.1 Å². The van der Waals surface area contributed by atoms with E-state index in [1.54, 1.807) is 23.4 Å². The average Bonchev–Trinajstić information content (AvgIpc) is 3.64. The normalized spacial score (nSPS) is 15.0. The zero-order valence-corrected chi connectivity index (χ0v) is 24.0. The Bertz CT molecular complexity index is 1660. The van der Waals surface area contributed by atoms with Crippen LogP contribution in [0.2, 0.25) is 0 Å². The maximum Gasteiger partial charge on any atom is 0.318 e. The Hall–Kier alpha value is -4.96. The highest BCUT2D eigenvalue weighted by Crippen LogP contribution is 2.42. The zero-order valence-electron chi connectivity index (χ0n) is 24.0. The first kappa shape index (κ1) is 28.2. The molecule has 10 heteroatoms. The third-order valence-electron chi connectivity index (χ3n) is 7.52. The van der Waals surface area contributed by atoms with Crippen molar-refractivity contribution in [2.45, 2.75) is 45.4 Å². The van der Waals surface area contributed by atoms with Gasteiger partial charge in [-0.05, 0) is 67.3 Å². The largest absolute Gasteiger partial charge is 0.454 e. The number of carbonyl (C=O) groups excluding carboxylic acids is 2. The molecule has 6 rings (SSSR count). The fraction of sp³-hybridized carbons (Fsp3) is 0.273. The predicted molar refractivity (Wildman–Crippen MR) is 160 cm³/mol. The van der Waals surface area contributed by atoms with Crippen molar-refractivity contribution in [3.05, 3.63) is 95.4 Å². The minimum absolute atomic E-state index is 0.0581. The highest BCUT2D eigenvalue weighted by molar-refractivity contribution is 5.94. The molecule has 1 atom stereocenters. The summed E-state index contributed by atoms with van der Waals surface area (Å²) in [7, 11) is 0. The molecule has 0 fully saturated rings. The molecule has 0 radical (unpaired) electrons. The number of pyridine rings is 2. The minimum atomic E-state index is -0.408. The van der Waals surface area contributed by atoms with Crippen molar-refractivity contribution in [1.82, 2.24) is 25.5 Å². The molecule has 220 valence electrons. The third kappa shape index (κ3) is 5.87. The molecule has 0 saturated heterocycles. The molecule has 43 heavy (non-hydrogen) atoms. The van der Waals surface area contributed by atoms with Gasteiger partial charge in [0.25, 0.3) is 5.91 Å². The van der Waals surface area contributed by atoms with Crippen LogP contribution in [0.3, 0.4) is 0 Å². The lowest BCUT2D eigenvalue weighted by atomic mass is 9.94. The van der Waals surface area contributed by atoms with E-state index in [-0.39, 0.29) is 43.6 Å². The highest BCUT2D eigenvalue weighted by Gasteiger charge is 2.37. The van der Waals surface area contributed by atoms with Crippen molar-refractivity contribution in [2.75, 3.05) is 13.4 Å². The van der Waals surface area contributed by atoms with Crippen molar-refractivity contribution in [1.29, 1.82) is 0 Å². The molecule has 2 aliphatic rings. The number of aromatic nitrogens is 2. The van der Waals surface area contributed by atoms with Gasteiger partial charge in [-0.25, -0.2) is 9.78 Å². The summed E-state index contributed by atoms with van der Waals surface area (Å²) >= 11 is 0. The quantitative estimate of drug-likeness (QED) is 0.273. The van der Waals surface area contributed by atoms with Crippen LogP contribution in [0.4, 0.5) is 4.79 Å². The number of rotatable bonds is 8. The number of urea groups is 1. The fourth-order valence-electron chi connectivity index (χ4n) is 5.57. The van der Waals surface area contributed by atoms with Crippen molar-refractivity contribution in [2.24, 2.45) is 0 Å². The highest BCUT2D eigenvalue weighted by atomic mass is 16.7. The van der Waals surface area contributed by atoms with Crippen LogP contribution >= 0.6 is 0 Å². The number of nitrogens with zero attached hydrogens (tertiary/aromatic N) is 3. The second-order valence-electron chi connectivity index (χ2n) is 10.9. The number of hydrogen-bond acceptors (Lipinski definition) is 7. The third-order valence-corrected chi connectivity index (χ3v) is 7.52. The fourth-order valence-corrected chi connectivity index (χ4v) is 5.57. The molecular formula is C33H33N5O5. The van der Waals surface area contributed by atoms with Crippen LogP contribution in [0.5, 0.6) is 11.5 Å². The number of amides is 3. The first-order valence-electron chi connectivity index (χ1n) is 14.3. The van der Waals surface area contributed by atoms with Gasteiger partial charge in [0.05, 0.1) is 11.7 Å². The van der Waals surface area contributed by atoms with Gasteiger partial charge in [-0.3, -0.25) is 9.78 Å². The summed E-state index contributed by atoms with van der Waals surface area (Å²) in [4.78, 5) is 37.6. The van der Waals surface area contributed by atoms with Crippen LogP contribution in [0.25, 0.3) is 22.4 Å². The van der Waals surface area contributed by atoms with E-state index in [1.165, 1.54) is 0 Å². The number of carbonyl (C=O) groups is 2. The van der Waals surface area contributed by atoms with Crippen LogP contribution in [-0.4, -0.2) is 51.4 Å². The maximum atomic E-state index is 13.5. The molecule has 4 heterocycles. The molecule has 2 aromatic carbocycles. The van der Waals surface area contributed by atoms with E-state index in [1.807, 2.05) is 68.4 Å². The van der Waals surface area contributed by atoms with E-state index >= 15 is 0 Å². The number of nitrogens with one attached hydrogen (secondary N) is 2. The summed E-state index contributed by atoms with van der Waals surface area (Å²) in [5.74, 6) is 0.985. The van der Waals surface area contributed by atoms with Gasteiger partial charge in [-0.2, -0.15) is 0 Å². The molecule has 3 amide bonds. The van der Waals surface area contributed by atoms with Crippen molar-refractivity contribution in [3.63, 3.8) is 0 Å². The molecule has 4 aromatic rings. The molecule has 0 aliphatic carbocycles. The molecule has 0 unspecified atom stereocenters. The van der Waals surface area contributed by atoms with E-state index in [9.17, 15) is 14.7 Å². The van der Waals surface area contributed by atoms with Gasteiger partial charge < -0.3 is 30.1 Å². The van der Waals surface area contributed by atoms with Crippen molar-refractivity contribution >= 4 is 11.9 Å². The van der Waals surface area contributed by atoms with Crippen LogP contribution in [0, 0.1) is 0 Å². The summed E-state index contributed by atoms with van der Waals surface area (Å²) in [6.45, 7) is 4.44. The van der Waals surface area contributed by atoms with Crippen molar-refractivity contribution in [3.8, 4) is 33.9 Å². The minimum Gasteiger partial charge on any atom is -0.454 e. The number of benzene rings is 2. The Balaban J connectivity index is 1.38.